The first-order valence-electron chi connectivity index (χ1n) is 2.30. The average Bonchev–Trinajstić information content (AvgIpc) is 1.83. The molecule has 0 aliphatic carbocycles. The van der Waals surface area contributed by atoms with Crippen LogP contribution in [0.25, 0.3) is 0 Å². The zero-order valence-corrected chi connectivity index (χ0v) is 5.77. The van der Waals surface area contributed by atoms with Gasteiger partial charge >= 0.3 is 13.5 Å². The van der Waals surface area contributed by atoms with Gasteiger partial charge in [-0.05, 0) is 0 Å². The summed E-state index contributed by atoms with van der Waals surface area (Å²) in [6.45, 7) is -0.942. The maximum absolute atomic E-state index is 10.3. The van der Waals surface area contributed by atoms with Gasteiger partial charge in [-0.25, -0.2) is 4.79 Å². The molecule has 60 valence electrons. The van der Waals surface area contributed by atoms with Gasteiger partial charge < -0.3 is 10.2 Å². The maximum Gasteiger partial charge on any atom is 0.481 e. The van der Waals surface area contributed by atoms with Crippen LogP contribution in [0, 0.1) is 0 Å². The highest BCUT2D eigenvalue weighted by atomic mass is 31.2. The molecule has 0 aromatic carbocycles. The largest absolute Gasteiger partial charge is 0.481 e. The van der Waals surface area contributed by atoms with Crippen molar-refractivity contribution in [2.24, 2.45) is 0 Å². The van der Waals surface area contributed by atoms with Crippen molar-refractivity contribution in [2.45, 2.75) is 6.10 Å². The van der Waals surface area contributed by atoms with Crippen LogP contribution in [0.4, 0.5) is 0 Å². The van der Waals surface area contributed by atoms with Crippen LogP contribution >= 0.6 is 7.94 Å². The Morgan fingerprint density at radius 1 is 1.40 bits per heavy atom. The molecule has 0 fully saturated rings. The van der Waals surface area contributed by atoms with Gasteiger partial charge in [-0.15, -0.1) is 0 Å². The van der Waals surface area contributed by atoms with Crippen LogP contribution in [-0.4, -0.2) is 43.1 Å². The third-order valence-electron chi connectivity index (χ3n) is 0.754. The van der Waals surface area contributed by atoms with Crippen molar-refractivity contribution in [1.82, 2.24) is 0 Å². The van der Waals surface area contributed by atoms with Gasteiger partial charge in [0.05, 0.1) is 6.61 Å². The lowest BCUT2D eigenvalue weighted by atomic mass is 10.4. The molecule has 7 heteroatoms. The molecule has 0 rings (SSSR count). The van der Waals surface area contributed by atoms with Gasteiger partial charge in [-0.1, -0.05) is 0 Å². The van der Waals surface area contributed by atoms with E-state index < -0.39 is 26.2 Å². The highest BCUT2D eigenvalue weighted by Crippen LogP contribution is 2.46. The van der Waals surface area contributed by atoms with Gasteiger partial charge in [0.25, 0.3) is 0 Å². The minimum atomic E-state index is -4.63. The standard InChI is InChI=1S/C3H8O6P/c4-1-2(5)3(6)10(7,8)9/h2,4-5,7-9H,1H2/q+1. The molecule has 0 aliphatic heterocycles. The van der Waals surface area contributed by atoms with Crippen molar-refractivity contribution in [2.75, 3.05) is 6.61 Å². The van der Waals surface area contributed by atoms with Crippen LogP contribution in [0.3, 0.4) is 0 Å². The normalized spacial score (nSPS) is 14.9. The lowest BCUT2D eigenvalue weighted by molar-refractivity contribution is -0.123. The maximum atomic E-state index is 10.3. The minimum absolute atomic E-state index is 0.942. The van der Waals surface area contributed by atoms with E-state index in [0.717, 1.165) is 0 Å². The lowest BCUT2D eigenvalue weighted by Gasteiger charge is -2.04. The lowest BCUT2D eigenvalue weighted by Crippen LogP contribution is -2.26. The molecule has 1 atom stereocenters. The molecule has 5 N–H and O–H groups in total. The minimum Gasteiger partial charge on any atom is -0.393 e. The van der Waals surface area contributed by atoms with Crippen molar-refractivity contribution in [3.63, 3.8) is 0 Å². The predicted octanol–water partition coefficient (Wildman–Crippen LogP) is -2.39. The molecular formula is C3H8O6P+. The fourth-order valence-electron chi connectivity index (χ4n) is 0.278. The van der Waals surface area contributed by atoms with Gasteiger partial charge in [0, 0.05) is 0 Å². The van der Waals surface area contributed by atoms with Gasteiger partial charge in [-0.2, -0.15) is 14.7 Å². The number of aliphatic hydroxyl groups is 2. The molecule has 0 saturated heterocycles. The number of hydrogen-bond donors (Lipinski definition) is 5. The van der Waals surface area contributed by atoms with Crippen molar-refractivity contribution < 1.29 is 29.7 Å². The molecule has 0 radical (unpaired) electrons. The molecular weight excluding hydrogens is 163 g/mol. The summed E-state index contributed by atoms with van der Waals surface area (Å²) >= 11 is 0. The van der Waals surface area contributed by atoms with Crippen LogP contribution in [0.1, 0.15) is 0 Å². The Bertz CT molecular complexity index is 127. The van der Waals surface area contributed by atoms with Crippen LogP contribution in [-0.2, 0) is 4.79 Å². The summed E-state index contributed by atoms with van der Waals surface area (Å²) in [7, 11) is -4.63. The smallest absolute Gasteiger partial charge is 0.393 e. The molecule has 0 aromatic heterocycles. The molecule has 10 heavy (non-hydrogen) atoms. The Morgan fingerprint density at radius 3 is 1.90 bits per heavy atom. The fourth-order valence-corrected chi connectivity index (χ4v) is 0.760. The molecule has 0 bridgehead atoms. The second-order valence-electron chi connectivity index (χ2n) is 1.60. The number of hydrogen-bond acceptors (Lipinski definition) is 6. The second kappa shape index (κ2) is 3.34. The number of aliphatic hydroxyl groups excluding tert-OH is 2. The van der Waals surface area contributed by atoms with Gasteiger partial charge in [0.15, 0.2) is 6.10 Å². The van der Waals surface area contributed by atoms with Crippen LogP contribution in [0.2, 0.25) is 0 Å². The SMILES string of the molecule is O=C(C(O)CO)[P+](O)(O)O. The third kappa shape index (κ3) is 2.66. The van der Waals surface area contributed by atoms with Crippen LogP contribution < -0.4 is 0 Å². The average molecular weight is 171 g/mol. The quantitative estimate of drug-likeness (QED) is 0.302. The summed E-state index contributed by atoms with van der Waals surface area (Å²) in [6, 6.07) is 0. The van der Waals surface area contributed by atoms with Crippen molar-refractivity contribution in [3.05, 3.63) is 0 Å². The molecule has 0 aromatic rings. The van der Waals surface area contributed by atoms with E-state index in [1.165, 1.54) is 0 Å². The summed E-state index contributed by atoms with van der Waals surface area (Å²) in [5, 5.41) is 16.5. The zero-order chi connectivity index (χ0) is 8.36. The molecule has 0 spiro atoms. The number of rotatable bonds is 3. The fraction of sp³-hybridized carbons (Fsp3) is 0.667. The van der Waals surface area contributed by atoms with E-state index in [0.29, 0.717) is 0 Å². The van der Waals surface area contributed by atoms with Gasteiger partial charge in [-0.3, -0.25) is 0 Å². The van der Waals surface area contributed by atoms with E-state index in [-0.39, 0.29) is 0 Å². The topological polar surface area (TPSA) is 118 Å². The van der Waals surface area contributed by atoms with Crippen molar-refractivity contribution in [1.29, 1.82) is 0 Å². The van der Waals surface area contributed by atoms with Crippen LogP contribution in [0.15, 0.2) is 0 Å². The van der Waals surface area contributed by atoms with E-state index in [4.69, 9.17) is 24.9 Å². The van der Waals surface area contributed by atoms with E-state index >= 15 is 0 Å². The van der Waals surface area contributed by atoms with E-state index in [9.17, 15) is 4.79 Å². The Kier molecular flexibility index (Phi) is 3.30. The summed E-state index contributed by atoms with van der Waals surface area (Å²) < 4.78 is 0. The van der Waals surface area contributed by atoms with Crippen molar-refractivity contribution in [3.8, 4) is 0 Å². The highest BCUT2D eigenvalue weighted by molar-refractivity contribution is 7.76. The molecule has 0 heterocycles. The molecule has 1 unspecified atom stereocenters. The van der Waals surface area contributed by atoms with Gasteiger partial charge in [0.1, 0.15) is 0 Å². The Balaban J connectivity index is 4.09. The molecule has 0 saturated carbocycles. The molecule has 0 amide bonds. The van der Waals surface area contributed by atoms with Crippen molar-refractivity contribution >= 4 is 13.5 Å². The summed E-state index contributed by atoms with van der Waals surface area (Å²) in [5.74, 6) is 0. The first-order valence-corrected chi connectivity index (χ1v) is 3.95. The Morgan fingerprint density at radius 2 is 1.80 bits per heavy atom. The van der Waals surface area contributed by atoms with E-state index in [2.05, 4.69) is 0 Å². The summed E-state index contributed by atoms with van der Waals surface area (Å²) in [4.78, 5) is 34.9. The third-order valence-corrected chi connectivity index (χ3v) is 1.64. The number of carbonyl (C=O) groups is 1. The first kappa shape index (κ1) is 9.90. The predicted molar refractivity (Wildman–Crippen MR) is 31.7 cm³/mol. The number of carbonyl (C=O) groups excluding carboxylic acids is 1. The highest BCUT2D eigenvalue weighted by Gasteiger charge is 2.46. The van der Waals surface area contributed by atoms with E-state index in [1.807, 2.05) is 0 Å². The van der Waals surface area contributed by atoms with E-state index in [1.54, 1.807) is 0 Å². The molecule has 0 aliphatic rings. The monoisotopic (exact) mass is 171 g/mol. The first-order chi connectivity index (χ1) is 4.39. The van der Waals surface area contributed by atoms with Gasteiger partial charge in [0.2, 0.25) is 0 Å². The summed E-state index contributed by atoms with van der Waals surface area (Å²) in [5.41, 5.74) is -1.55. The molecule has 6 nitrogen and oxygen atoms in total. The Labute approximate surface area is 56.9 Å². The van der Waals surface area contributed by atoms with Crippen LogP contribution in [0.5, 0.6) is 0 Å². The second-order valence-corrected chi connectivity index (χ2v) is 3.18. The summed E-state index contributed by atoms with van der Waals surface area (Å²) in [6.07, 6.45) is -1.92. The Hall–Kier alpha value is -0.100. The zero-order valence-electron chi connectivity index (χ0n) is 4.88.